The van der Waals surface area contributed by atoms with Gasteiger partial charge in [0.25, 0.3) is 0 Å². The molecule has 0 saturated heterocycles. The van der Waals surface area contributed by atoms with Crippen molar-refractivity contribution in [2.45, 2.75) is 33.2 Å². The molecule has 2 unspecified atom stereocenters. The minimum absolute atomic E-state index is 0.199. The van der Waals surface area contributed by atoms with E-state index in [9.17, 15) is 4.79 Å². The highest BCUT2D eigenvalue weighted by Gasteiger charge is 2.35. The number of hydrogen-bond acceptors (Lipinski definition) is 3. The standard InChI is InChI=1S/C18H22Cl2N2O/c1-10(2)8-15-14(9-21)17(12-4-6-13(19)7-5-12)16(18(20)23)11(3)22-15/h4-7,10-11,16H,8-9,21H2,1-3H3. The average Bonchev–Trinajstić information content (AvgIpc) is 2.46. The third-order valence-corrected chi connectivity index (χ3v) is 4.52. The van der Waals surface area contributed by atoms with Crippen molar-refractivity contribution in [3.8, 4) is 0 Å². The number of rotatable bonds is 5. The third kappa shape index (κ3) is 4.03. The lowest BCUT2D eigenvalue weighted by molar-refractivity contribution is -0.113. The van der Waals surface area contributed by atoms with Crippen molar-refractivity contribution in [3.63, 3.8) is 0 Å². The van der Waals surface area contributed by atoms with E-state index in [0.29, 0.717) is 17.5 Å². The summed E-state index contributed by atoms with van der Waals surface area (Å²) >= 11 is 11.9. The second-order valence-electron chi connectivity index (χ2n) is 6.30. The molecule has 1 aromatic carbocycles. The molecule has 2 N–H and O–H groups in total. The van der Waals surface area contributed by atoms with Crippen molar-refractivity contribution in [2.24, 2.45) is 22.6 Å². The summed E-state index contributed by atoms with van der Waals surface area (Å²) < 4.78 is 0. The number of aliphatic imine (C=N–C) groups is 1. The highest BCUT2D eigenvalue weighted by molar-refractivity contribution is 6.65. The van der Waals surface area contributed by atoms with Crippen molar-refractivity contribution in [3.05, 3.63) is 40.4 Å². The van der Waals surface area contributed by atoms with Crippen molar-refractivity contribution in [1.82, 2.24) is 0 Å². The number of nitrogens with two attached hydrogens (primary N) is 1. The first-order valence-electron chi connectivity index (χ1n) is 7.80. The predicted octanol–water partition coefficient (Wildman–Crippen LogP) is 4.32. The van der Waals surface area contributed by atoms with Crippen molar-refractivity contribution in [1.29, 1.82) is 0 Å². The number of carbonyl (C=O) groups is 1. The maximum absolute atomic E-state index is 12.0. The van der Waals surface area contributed by atoms with Gasteiger partial charge in [-0.15, -0.1) is 0 Å². The zero-order chi connectivity index (χ0) is 17.1. The number of hydrogen-bond donors (Lipinski definition) is 1. The van der Waals surface area contributed by atoms with E-state index >= 15 is 0 Å². The van der Waals surface area contributed by atoms with E-state index in [0.717, 1.165) is 28.8 Å². The van der Waals surface area contributed by atoms with E-state index < -0.39 is 11.2 Å². The summed E-state index contributed by atoms with van der Waals surface area (Å²) in [6.07, 6.45) is 0.831. The fraction of sp³-hybridized carbons (Fsp3) is 0.444. The monoisotopic (exact) mass is 352 g/mol. The Labute approximate surface area is 147 Å². The second kappa shape index (κ2) is 7.61. The predicted molar refractivity (Wildman–Crippen MR) is 98.1 cm³/mol. The fourth-order valence-corrected chi connectivity index (χ4v) is 3.48. The molecule has 3 nitrogen and oxygen atoms in total. The fourth-order valence-electron chi connectivity index (χ4n) is 3.06. The Kier molecular flexibility index (Phi) is 6.01. The molecule has 2 rings (SSSR count). The Morgan fingerprint density at radius 1 is 1.30 bits per heavy atom. The summed E-state index contributed by atoms with van der Waals surface area (Å²) in [7, 11) is 0. The van der Waals surface area contributed by atoms with Crippen LogP contribution in [0.15, 0.2) is 34.8 Å². The molecule has 0 fully saturated rings. The van der Waals surface area contributed by atoms with Gasteiger partial charge in [0.2, 0.25) is 5.24 Å². The number of carbonyl (C=O) groups excluding carboxylic acids is 1. The van der Waals surface area contributed by atoms with Crippen LogP contribution in [-0.4, -0.2) is 23.5 Å². The van der Waals surface area contributed by atoms with Crippen LogP contribution in [0.1, 0.15) is 32.8 Å². The molecule has 2 atom stereocenters. The zero-order valence-corrected chi connectivity index (χ0v) is 15.2. The summed E-state index contributed by atoms with van der Waals surface area (Å²) in [5.41, 5.74) is 9.74. The van der Waals surface area contributed by atoms with Crippen LogP contribution >= 0.6 is 23.2 Å². The van der Waals surface area contributed by atoms with Crippen molar-refractivity contribution in [2.75, 3.05) is 6.54 Å². The van der Waals surface area contributed by atoms with Crippen LogP contribution in [0.25, 0.3) is 5.57 Å². The lowest BCUT2D eigenvalue weighted by atomic mass is 9.79. The van der Waals surface area contributed by atoms with Gasteiger partial charge in [-0.05, 0) is 59.7 Å². The Morgan fingerprint density at radius 2 is 1.91 bits per heavy atom. The van der Waals surface area contributed by atoms with Crippen molar-refractivity contribution < 1.29 is 4.79 Å². The highest BCUT2D eigenvalue weighted by atomic mass is 35.5. The van der Waals surface area contributed by atoms with Gasteiger partial charge < -0.3 is 5.73 Å². The van der Waals surface area contributed by atoms with E-state index in [1.165, 1.54) is 0 Å². The molecule has 23 heavy (non-hydrogen) atoms. The van der Waals surface area contributed by atoms with E-state index in [2.05, 4.69) is 13.8 Å². The normalized spacial score (nSPS) is 21.6. The van der Waals surface area contributed by atoms with Gasteiger partial charge in [-0.1, -0.05) is 37.6 Å². The van der Waals surface area contributed by atoms with Gasteiger partial charge in [-0.25, -0.2) is 0 Å². The zero-order valence-electron chi connectivity index (χ0n) is 13.6. The van der Waals surface area contributed by atoms with E-state index in [-0.39, 0.29) is 6.04 Å². The first-order valence-corrected chi connectivity index (χ1v) is 8.56. The molecular formula is C18H22Cl2N2O. The van der Waals surface area contributed by atoms with E-state index in [4.69, 9.17) is 33.9 Å². The quantitative estimate of drug-likeness (QED) is 0.802. The minimum Gasteiger partial charge on any atom is -0.326 e. The Balaban J connectivity index is 2.63. The van der Waals surface area contributed by atoms with Crippen LogP contribution in [0.3, 0.4) is 0 Å². The van der Waals surface area contributed by atoms with Gasteiger partial charge in [-0.2, -0.15) is 0 Å². The van der Waals surface area contributed by atoms with Gasteiger partial charge in [-0.3, -0.25) is 9.79 Å². The molecule has 124 valence electrons. The summed E-state index contributed by atoms with van der Waals surface area (Å²) in [6.45, 7) is 6.54. The summed E-state index contributed by atoms with van der Waals surface area (Å²) in [4.78, 5) is 16.8. The van der Waals surface area contributed by atoms with Crippen LogP contribution in [0.2, 0.25) is 5.02 Å². The van der Waals surface area contributed by atoms with E-state index in [1.54, 1.807) is 0 Å². The van der Waals surface area contributed by atoms with Crippen LogP contribution in [0, 0.1) is 11.8 Å². The molecule has 0 radical (unpaired) electrons. The molecule has 0 saturated carbocycles. The van der Waals surface area contributed by atoms with Gasteiger partial charge in [0.15, 0.2) is 0 Å². The molecule has 0 aromatic heterocycles. The summed E-state index contributed by atoms with van der Waals surface area (Å²) in [6, 6.07) is 7.24. The smallest absolute Gasteiger partial charge is 0.231 e. The molecule has 1 aliphatic rings. The third-order valence-electron chi connectivity index (χ3n) is 4.03. The largest absolute Gasteiger partial charge is 0.326 e. The molecule has 1 aliphatic heterocycles. The van der Waals surface area contributed by atoms with Gasteiger partial charge in [0.05, 0.1) is 12.0 Å². The summed E-state index contributed by atoms with van der Waals surface area (Å²) in [5.74, 6) is -0.0236. The Hall–Kier alpha value is -1.16. The van der Waals surface area contributed by atoms with Crippen molar-refractivity contribution >= 4 is 39.7 Å². The molecule has 0 amide bonds. The first-order chi connectivity index (χ1) is 10.8. The second-order valence-corrected chi connectivity index (χ2v) is 7.11. The van der Waals surface area contributed by atoms with Crippen LogP contribution in [0.5, 0.6) is 0 Å². The molecule has 0 spiro atoms. The molecule has 5 heteroatoms. The number of nitrogens with zero attached hydrogens (tertiary/aromatic N) is 1. The SMILES string of the molecule is CC(C)CC1=NC(C)C(C(=O)Cl)C(c2ccc(Cl)cc2)=C1CN. The van der Waals surface area contributed by atoms with Gasteiger partial charge in [0.1, 0.15) is 0 Å². The molecule has 1 heterocycles. The number of halogens is 2. The molecule has 1 aromatic rings. The average molecular weight is 353 g/mol. The maximum Gasteiger partial charge on any atom is 0.231 e. The lowest BCUT2D eigenvalue weighted by Crippen LogP contribution is -2.33. The number of benzene rings is 1. The molecule has 0 bridgehead atoms. The van der Waals surface area contributed by atoms with Crippen LogP contribution in [-0.2, 0) is 4.79 Å². The summed E-state index contributed by atoms with van der Waals surface area (Å²) in [5, 5.41) is 0.248. The minimum atomic E-state index is -0.479. The van der Waals surface area contributed by atoms with E-state index in [1.807, 2.05) is 31.2 Å². The highest BCUT2D eigenvalue weighted by Crippen LogP contribution is 2.37. The molecule has 0 aliphatic carbocycles. The van der Waals surface area contributed by atoms with Crippen LogP contribution in [0.4, 0.5) is 0 Å². The van der Waals surface area contributed by atoms with Crippen LogP contribution < -0.4 is 5.73 Å². The van der Waals surface area contributed by atoms with Gasteiger partial charge >= 0.3 is 0 Å². The maximum atomic E-state index is 12.0. The Bertz CT molecular complexity index is 647. The lowest BCUT2D eigenvalue weighted by Gasteiger charge is -2.31. The Morgan fingerprint density at radius 3 is 2.39 bits per heavy atom. The molecular weight excluding hydrogens is 331 g/mol. The first kappa shape index (κ1) is 18.2. The number of dihydropyridines is 1. The topological polar surface area (TPSA) is 55.5 Å². The van der Waals surface area contributed by atoms with Gasteiger partial charge in [0, 0.05) is 17.3 Å².